The smallest absolute Gasteiger partial charge is 0.408 e. The van der Waals surface area contributed by atoms with E-state index >= 15 is 0 Å². The molecule has 4 atom stereocenters. The second kappa shape index (κ2) is 16.8. The minimum atomic E-state index is -4.87. The molecule has 0 bridgehead atoms. The molecule has 0 heterocycles. The van der Waals surface area contributed by atoms with Gasteiger partial charge in [-0.05, 0) is 30.0 Å². The first-order chi connectivity index (χ1) is 21.4. The lowest BCUT2D eigenvalue weighted by atomic mass is 9.99. The minimum Gasteiger partial charge on any atom is -0.445 e. The average Bonchev–Trinajstić information content (AvgIpc) is 3.02. The normalized spacial score (nSPS) is 13.8. The first-order valence-corrected chi connectivity index (χ1v) is 14.1. The molecule has 5 N–H and O–H groups in total. The summed E-state index contributed by atoms with van der Waals surface area (Å²) < 4.78 is 45.5. The van der Waals surface area contributed by atoms with Crippen LogP contribution in [0.25, 0.3) is 0 Å². The van der Waals surface area contributed by atoms with Gasteiger partial charge in [0.05, 0.1) is 12.5 Å². The molecule has 0 aromatic heterocycles. The van der Waals surface area contributed by atoms with Crippen LogP contribution in [0.2, 0.25) is 0 Å². The molecule has 0 radical (unpaired) electrons. The topological polar surface area (TPSA) is 146 Å². The van der Waals surface area contributed by atoms with Gasteiger partial charge < -0.3 is 31.1 Å². The summed E-state index contributed by atoms with van der Waals surface area (Å²) in [6.45, 7) is 1.17. The molecule has 0 saturated heterocycles. The van der Waals surface area contributed by atoms with Crippen molar-refractivity contribution in [2.45, 2.75) is 63.3 Å². The molecule has 0 aliphatic rings. The fourth-order valence-electron chi connectivity index (χ4n) is 4.21. The lowest BCUT2D eigenvalue weighted by molar-refractivity contribution is -0.152. The zero-order valence-electron chi connectivity index (χ0n) is 24.4. The second-order valence-corrected chi connectivity index (χ2v) is 10.3. The molecule has 45 heavy (non-hydrogen) atoms. The Labute approximate surface area is 258 Å². The summed E-state index contributed by atoms with van der Waals surface area (Å²) in [5, 5.41) is 20.0. The van der Waals surface area contributed by atoms with Crippen molar-refractivity contribution in [2.75, 3.05) is 0 Å². The molecular formula is C32H35F3N4O6. The molecule has 2 unspecified atom stereocenters. The number of carbonyl (C=O) groups is 4. The van der Waals surface area contributed by atoms with Crippen LogP contribution in [-0.4, -0.2) is 59.3 Å². The highest BCUT2D eigenvalue weighted by Gasteiger charge is 2.39. The first kappa shape index (κ1) is 34.6. The van der Waals surface area contributed by atoms with Gasteiger partial charge in [0.25, 0.3) is 5.91 Å². The van der Waals surface area contributed by atoms with E-state index in [-0.39, 0.29) is 19.6 Å². The highest BCUT2D eigenvalue weighted by atomic mass is 19.4. The summed E-state index contributed by atoms with van der Waals surface area (Å²) >= 11 is 0. The number of alkyl carbamates (subject to hydrolysis) is 1. The van der Waals surface area contributed by atoms with E-state index in [0.717, 1.165) is 5.56 Å². The maximum Gasteiger partial charge on any atom is 0.408 e. The molecule has 0 aliphatic heterocycles. The van der Waals surface area contributed by atoms with E-state index in [0.29, 0.717) is 11.1 Å². The van der Waals surface area contributed by atoms with Gasteiger partial charge in [0.2, 0.25) is 11.8 Å². The Balaban J connectivity index is 1.68. The van der Waals surface area contributed by atoms with Gasteiger partial charge in [0, 0.05) is 6.54 Å². The van der Waals surface area contributed by atoms with Gasteiger partial charge in [-0.1, -0.05) is 91.0 Å². The van der Waals surface area contributed by atoms with Gasteiger partial charge in [0.15, 0.2) is 6.10 Å². The Hall–Kier alpha value is -4.91. The summed E-state index contributed by atoms with van der Waals surface area (Å²) in [5.41, 5.74) is 2.00. The van der Waals surface area contributed by atoms with E-state index in [2.05, 4.69) is 16.0 Å². The van der Waals surface area contributed by atoms with E-state index in [4.69, 9.17) is 4.74 Å². The number of amides is 4. The van der Waals surface area contributed by atoms with Crippen LogP contribution < -0.4 is 21.3 Å². The number of carbonyl (C=O) groups excluding carboxylic acids is 4. The second-order valence-electron chi connectivity index (χ2n) is 10.3. The molecule has 10 nitrogen and oxygen atoms in total. The van der Waals surface area contributed by atoms with Crippen molar-refractivity contribution in [2.24, 2.45) is 0 Å². The van der Waals surface area contributed by atoms with E-state index in [1.54, 1.807) is 91.0 Å². The Bertz CT molecular complexity index is 1390. The average molecular weight is 629 g/mol. The Morgan fingerprint density at radius 3 is 1.82 bits per heavy atom. The van der Waals surface area contributed by atoms with Crippen LogP contribution in [0.1, 0.15) is 30.0 Å². The molecule has 240 valence electrons. The van der Waals surface area contributed by atoms with E-state index in [1.165, 1.54) is 6.92 Å². The molecule has 3 aromatic rings. The van der Waals surface area contributed by atoms with Crippen molar-refractivity contribution < 1.29 is 42.2 Å². The number of benzene rings is 3. The van der Waals surface area contributed by atoms with Crippen molar-refractivity contribution in [3.8, 4) is 0 Å². The van der Waals surface area contributed by atoms with E-state index in [1.807, 2.05) is 5.32 Å². The van der Waals surface area contributed by atoms with Crippen LogP contribution in [0.3, 0.4) is 0 Å². The standard InChI is InChI=1S/C32H35F3N4O6/c1-21(37-31(44)45-20-24-15-9-4-10-16-24)28(41)39-26(18-32(33,34)35)29(42)38-25(17-22-11-5-2-6-12-22)27(40)30(43)36-19-23-13-7-3-8-14-23/h2-16,21,25-27,40H,17-20H2,1H3,(H,36,43)(H,37,44)(H,38,42)(H,39,41)/t21-,25-,26?,27?/m0/s1. The number of aliphatic hydroxyl groups excluding tert-OH is 1. The van der Waals surface area contributed by atoms with Crippen molar-refractivity contribution in [1.29, 1.82) is 0 Å². The zero-order chi connectivity index (χ0) is 32.8. The van der Waals surface area contributed by atoms with Crippen molar-refractivity contribution in [3.63, 3.8) is 0 Å². The molecular weight excluding hydrogens is 593 g/mol. The highest BCUT2D eigenvalue weighted by molar-refractivity contribution is 5.91. The number of aliphatic hydroxyl groups is 1. The van der Waals surface area contributed by atoms with Crippen molar-refractivity contribution in [1.82, 2.24) is 21.3 Å². The van der Waals surface area contributed by atoms with E-state index in [9.17, 15) is 37.5 Å². The van der Waals surface area contributed by atoms with Crippen LogP contribution in [0.5, 0.6) is 0 Å². The number of nitrogens with one attached hydrogen (secondary N) is 4. The molecule has 3 aromatic carbocycles. The van der Waals surface area contributed by atoms with Gasteiger partial charge in [-0.3, -0.25) is 14.4 Å². The number of hydrogen-bond acceptors (Lipinski definition) is 6. The molecule has 3 rings (SSSR count). The summed E-state index contributed by atoms with van der Waals surface area (Å²) in [6, 6.07) is 21.0. The molecule has 13 heteroatoms. The molecule has 0 aliphatic carbocycles. The summed E-state index contributed by atoms with van der Waals surface area (Å²) in [4.78, 5) is 50.9. The third-order valence-electron chi connectivity index (χ3n) is 6.59. The van der Waals surface area contributed by atoms with Crippen LogP contribution in [-0.2, 0) is 38.7 Å². The SMILES string of the molecule is C[C@H](NC(=O)OCc1ccccc1)C(=O)NC(CC(F)(F)F)C(=O)N[C@@H](Cc1ccccc1)C(O)C(=O)NCc1ccccc1. The van der Waals surface area contributed by atoms with Crippen LogP contribution >= 0.6 is 0 Å². The molecule has 4 amide bonds. The maximum atomic E-state index is 13.5. The van der Waals surface area contributed by atoms with Gasteiger partial charge in [-0.15, -0.1) is 0 Å². The third-order valence-corrected chi connectivity index (χ3v) is 6.59. The number of ether oxygens (including phenoxy) is 1. The monoisotopic (exact) mass is 628 g/mol. The Morgan fingerprint density at radius 1 is 0.733 bits per heavy atom. The number of hydrogen-bond donors (Lipinski definition) is 5. The predicted molar refractivity (Wildman–Crippen MR) is 158 cm³/mol. The zero-order valence-corrected chi connectivity index (χ0v) is 24.4. The lowest BCUT2D eigenvalue weighted by Gasteiger charge is -2.27. The maximum absolute atomic E-state index is 13.5. The predicted octanol–water partition coefficient (Wildman–Crippen LogP) is 3.14. The van der Waals surface area contributed by atoms with Crippen molar-refractivity contribution in [3.05, 3.63) is 108 Å². The number of rotatable bonds is 14. The summed E-state index contributed by atoms with van der Waals surface area (Å²) in [6.07, 6.45) is -9.57. The fourth-order valence-corrected chi connectivity index (χ4v) is 4.21. The summed E-state index contributed by atoms with van der Waals surface area (Å²) in [5.74, 6) is -3.23. The molecule has 0 fully saturated rings. The van der Waals surface area contributed by atoms with Crippen LogP contribution in [0.15, 0.2) is 91.0 Å². The van der Waals surface area contributed by atoms with Gasteiger partial charge >= 0.3 is 12.3 Å². The summed E-state index contributed by atoms with van der Waals surface area (Å²) in [7, 11) is 0. The van der Waals surface area contributed by atoms with Crippen molar-refractivity contribution >= 4 is 23.8 Å². The molecule has 0 spiro atoms. The third kappa shape index (κ3) is 12.3. The Kier molecular flexibility index (Phi) is 12.9. The van der Waals surface area contributed by atoms with Crippen LogP contribution in [0, 0.1) is 0 Å². The highest BCUT2D eigenvalue weighted by Crippen LogP contribution is 2.22. The van der Waals surface area contributed by atoms with Crippen LogP contribution in [0.4, 0.5) is 18.0 Å². The van der Waals surface area contributed by atoms with Gasteiger partial charge in [-0.2, -0.15) is 13.2 Å². The fraction of sp³-hybridized carbons (Fsp3) is 0.312. The van der Waals surface area contributed by atoms with Gasteiger partial charge in [0.1, 0.15) is 18.7 Å². The first-order valence-electron chi connectivity index (χ1n) is 14.1. The van der Waals surface area contributed by atoms with E-state index < -0.39 is 60.6 Å². The number of alkyl halides is 3. The molecule has 0 saturated carbocycles. The minimum absolute atomic E-state index is 0.0637. The Morgan fingerprint density at radius 2 is 1.27 bits per heavy atom. The number of halogens is 3. The largest absolute Gasteiger partial charge is 0.445 e. The van der Waals surface area contributed by atoms with Gasteiger partial charge in [-0.25, -0.2) is 4.79 Å². The lowest BCUT2D eigenvalue weighted by Crippen LogP contribution is -2.58. The quantitative estimate of drug-likeness (QED) is 0.186.